The Kier molecular flexibility index (Phi) is 7.88. The SMILES string of the molecule is CC(C)Cn1c(CCC(N)=O)nnc1S[C@@H](C(=O)NC(N)=O)C(C)C. The van der Waals surface area contributed by atoms with Crippen LogP contribution in [-0.4, -0.2) is 37.9 Å². The van der Waals surface area contributed by atoms with Crippen molar-refractivity contribution in [1.29, 1.82) is 0 Å². The maximum atomic E-state index is 12.2. The average molecular weight is 370 g/mol. The largest absolute Gasteiger partial charge is 0.370 e. The normalized spacial score (nSPS) is 12.4. The summed E-state index contributed by atoms with van der Waals surface area (Å²) in [7, 11) is 0. The molecule has 0 fully saturated rings. The van der Waals surface area contributed by atoms with Crippen LogP contribution in [0.25, 0.3) is 0 Å². The number of primary amides is 2. The van der Waals surface area contributed by atoms with Crippen LogP contribution >= 0.6 is 11.8 Å². The van der Waals surface area contributed by atoms with Crippen LogP contribution in [0.3, 0.4) is 0 Å². The number of urea groups is 1. The van der Waals surface area contributed by atoms with Gasteiger partial charge in [0.05, 0.1) is 5.25 Å². The molecule has 1 atom stereocenters. The Morgan fingerprint density at radius 2 is 1.80 bits per heavy atom. The molecule has 4 amide bonds. The van der Waals surface area contributed by atoms with Gasteiger partial charge in [-0.25, -0.2) is 4.79 Å². The number of amides is 4. The molecule has 140 valence electrons. The fourth-order valence-electron chi connectivity index (χ4n) is 2.17. The van der Waals surface area contributed by atoms with Crippen molar-refractivity contribution in [1.82, 2.24) is 20.1 Å². The lowest BCUT2D eigenvalue weighted by atomic mass is 10.1. The number of hydrogen-bond acceptors (Lipinski definition) is 6. The van der Waals surface area contributed by atoms with Crippen LogP contribution in [0.4, 0.5) is 4.79 Å². The Morgan fingerprint density at radius 3 is 2.28 bits per heavy atom. The van der Waals surface area contributed by atoms with Gasteiger partial charge < -0.3 is 16.0 Å². The molecule has 0 aliphatic heterocycles. The van der Waals surface area contributed by atoms with Crippen molar-refractivity contribution < 1.29 is 14.4 Å². The van der Waals surface area contributed by atoms with E-state index >= 15 is 0 Å². The summed E-state index contributed by atoms with van der Waals surface area (Å²) in [6.45, 7) is 8.48. The summed E-state index contributed by atoms with van der Waals surface area (Å²) in [6, 6.07) is -0.887. The van der Waals surface area contributed by atoms with E-state index in [-0.39, 0.29) is 12.3 Å². The van der Waals surface area contributed by atoms with Crippen molar-refractivity contribution in [3.63, 3.8) is 0 Å². The number of nitrogens with one attached hydrogen (secondary N) is 1. The van der Waals surface area contributed by atoms with Gasteiger partial charge in [-0.05, 0) is 11.8 Å². The standard InChI is InChI=1S/C15H26N6O3S/c1-8(2)7-21-11(6-5-10(16)22)19-20-15(21)25-12(9(3)4)13(23)18-14(17)24/h8-9,12H,5-7H2,1-4H3,(H2,16,22)(H3,17,18,23,24)/t12-/m1/s1. The third kappa shape index (κ3) is 6.73. The lowest BCUT2D eigenvalue weighted by molar-refractivity contribution is -0.120. The molecule has 0 aromatic carbocycles. The van der Waals surface area contributed by atoms with Gasteiger partial charge in [0.1, 0.15) is 5.82 Å². The van der Waals surface area contributed by atoms with Crippen LogP contribution in [0, 0.1) is 11.8 Å². The molecule has 5 N–H and O–H groups in total. The number of aryl methyl sites for hydroxylation is 1. The Morgan fingerprint density at radius 1 is 1.16 bits per heavy atom. The third-order valence-corrected chi connectivity index (χ3v) is 4.80. The summed E-state index contributed by atoms with van der Waals surface area (Å²) < 4.78 is 1.89. The predicted molar refractivity (Wildman–Crippen MR) is 94.6 cm³/mol. The molecule has 10 heteroatoms. The first kappa shape index (κ1) is 20.9. The van der Waals surface area contributed by atoms with Gasteiger partial charge >= 0.3 is 6.03 Å². The number of carbonyl (C=O) groups is 3. The van der Waals surface area contributed by atoms with Gasteiger partial charge in [-0.15, -0.1) is 10.2 Å². The zero-order chi connectivity index (χ0) is 19.1. The highest BCUT2D eigenvalue weighted by atomic mass is 32.2. The Hall–Kier alpha value is -2.10. The van der Waals surface area contributed by atoms with Gasteiger partial charge in [-0.3, -0.25) is 14.9 Å². The van der Waals surface area contributed by atoms with Crippen LogP contribution < -0.4 is 16.8 Å². The van der Waals surface area contributed by atoms with E-state index in [0.717, 1.165) is 0 Å². The van der Waals surface area contributed by atoms with Crippen molar-refractivity contribution in [2.75, 3.05) is 0 Å². The maximum Gasteiger partial charge on any atom is 0.318 e. The Labute approximate surface area is 151 Å². The first-order valence-electron chi connectivity index (χ1n) is 8.09. The minimum absolute atomic E-state index is 0.0531. The molecule has 25 heavy (non-hydrogen) atoms. The monoisotopic (exact) mass is 370 g/mol. The third-order valence-electron chi connectivity index (χ3n) is 3.28. The number of nitrogens with zero attached hydrogens (tertiary/aromatic N) is 3. The molecule has 0 aliphatic carbocycles. The lowest BCUT2D eigenvalue weighted by Crippen LogP contribution is -2.42. The van der Waals surface area contributed by atoms with Gasteiger partial charge in [0.15, 0.2) is 5.16 Å². The number of nitrogens with two attached hydrogens (primary N) is 2. The molecule has 0 spiro atoms. The fraction of sp³-hybridized carbons (Fsp3) is 0.667. The number of imide groups is 1. The summed E-state index contributed by atoms with van der Waals surface area (Å²) in [5.74, 6) is 0.0366. The van der Waals surface area contributed by atoms with Crippen molar-refractivity contribution in [3.8, 4) is 0 Å². The van der Waals surface area contributed by atoms with Crippen molar-refractivity contribution in [2.24, 2.45) is 23.3 Å². The summed E-state index contributed by atoms with van der Waals surface area (Å²) in [5.41, 5.74) is 10.2. The van der Waals surface area contributed by atoms with E-state index in [2.05, 4.69) is 15.5 Å². The molecular formula is C15H26N6O3S. The van der Waals surface area contributed by atoms with Crippen LogP contribution in [0.2, 0.25) is 0 Å². The zero-order valence-electron chi connectivity index (χ0n) is 15.0. The molecule has 1 aromatic rings. The highest BCUT2D eigenvalue weighted by Crippen LogP contribution is 2.28. The van der Waals surface area contributed by atoms with E-state index in [9.17, 15) is 14.4 Å². The molecule has 0 bridgehead atoms. The second-order valence-corrected chi connectivity index (χ2v) is 7.61. The quantitative estimate of drug-likeness (QED) is 0.544. The summed E-state index contributed by atoms with van der Waals surface area (Å²) >= 11 is 1.22. The minimum Gasteiger partial charge on any atom is -0.370 e. The summed E-state index contributed by atoms with van der Waals surface area (Å²) in [6.07, 6.45) is 0.562. The van der Waals surface area contributed by atoms with Crippen LogP contribution in [0.15, 0.2) is 5.16 Å². The molecule has 0 saturated heterocycles. The molecule has 0 aliphatic rings. The highest BCUT2D eigenvalue weighted by Gasteiger charge is 2.27. The van der Waals surface area contributed by atoms with E-state index in [1.807, 2.05) is 32.3 Å². The minimum atomic E-state index is -0.887. The smallest absolute Gasteiger partial charge is 0.318 e. The van der Waals surface area contributed by atoms with Crippen molar-refractivity contribution >= 4 is 29.6 Å². The van der Waals surface area contributed by atoms with Crippen molar-refractivity contribution in [3.05, 3.63) is 5.82 Å². The van der Waals surface area contributed by atoms with Gasteiger partial charge in [-0.1, -0.05) is 39.5 Å². The number of hydrogen-bond donors (Lipinski definition) is 3. The predicted octanol–water partition coefficient (Wildman–Crippen LogP) is 0.664. The Balaban J connectivity index is 3.06. The van der Waals surface area contributed by atoms with E-state index in [1.54, 1.807) is 0 Å². The highest BCUT2D eigenvalue weighted by molar-refractivity contribution is 8.00. The molecule has 1 heterocycles. The number of carbonyl (C=O) groups excluding carboxylic acids is 3. The molecule has 1 rings (SSSR count). The van der Waals surface area contributed by atoms with Gasteiger partial charge in [-0.2, -0.15) is 0 Å². The molecular weight excluding hydrogens is 344 g/mol. The fourth-order valence-corrected chi connectivity index (χ4v) is 3.23. The average Bonchev–Trinajstić information content (AvgIpc) is 2.82. The van der Waals surface area contributed by atoms with Gasteiger partial charge in [0, 0.05) is 19.4 Å². The topological polar surface area (TPSA) is 146 Å². The van der Waals surface area contributed by atoms with E-state index < -0.39 is 23.1 Å². The van der Waals surface area contributed by atoms with Crippen LogP contribution in [0.5, 0.6) is 0 Å². The lowest BCUT2D eigenvalue weighted by Gasteiger charge is -2.19. The number of rotatable bonds is 9. The van der Waals surface area contributed by atoms with Crippen LogP contribution in [0.1, 0.15) is 39.9 Å². The molecule has 0 saturated carbocycles. The molecule has 1 aromatic heterocycles. The van der Waals surface area contributed by atoms with Gasteiger partial charge in [0.2, 0.25) is 11.8 Å². The first-order valence-corrected chi connectivity index (χ1v) is 8.97. The van der Waals surface area contributed by atoms with E-state index in [1.165, 1.54) is 11.8 Å². The second-order valence-electron chi connectivity index (χ2n) is 6.51. The van der Waals surface area contributed by atoms with Crippen LogP contribution in [-0.2, 0) is 22.6 Å². The zero-order valence-corrected chi connectivity index (χ0v) is 15.8. The van der Waals surface area contributed by atoms with Crippen molar-refractivity contribution in [2.45, 2.75) is 57.5 Å². The molecule has 0 radical (unpaired) electrons. The second kappa shape index (κ2) is 9.40. The number of aromatic nitrogens is 3. The van der Waals surface area contributed by atoms with E-state index in [4.69, 9.17) is 11.5 Å². The summed E-state index contributed by atoms with van der Waals surface area (Å²) in [4.78, 5) is 34.2. The Bertz CT molecular complexity index is 629. The molecule has 9 nitrogen and oxygen atoms in total. The number of thioether (sulfide) groups is 1. The maximum absolute atomic E-state index is 12.2. The summed E-state index contributed by atoms with van der Waals surface area (Å²) in [5, 5.41) is 10.4. The molecule has 0 unspecified atom stereocenters. The first-order chi connectivity index (χ1) is 11.6. The van der Waals surface area contributed by atoms with Gasteiger partial charge in [0.25, 0.3) is 0 Å². The van der Waals surface area contributed by atoms with E-state index in [0.29, 0.717) is 29.9 Å².